The summed E-state index contributed by atoms with van der Waals surface area (Å²) < 4.78 is 17.5. The van der Waals surface area contributed by atoms with E-state index in [1.165, 1.54) is 5.56 Å². The molecule has 0 aliphatic carbocycles. The second kappa shape index (κ2) is 34.2. The van der Waals surface area contributed by atoms with Gasteiger partial charge in [0.2, 0.25) is 0 Å². The fraction of sp³-hybridized carbons (Fsp3) is 0.0435. The Morgan fingerprint density at radius 1 is 0.356 bits per heavy atom. The quantitative estimate of drug-likeness (QED) is 0.239. The lowest BCUT2D eigenvalue weighted by molar-refractivity contribution is 0.305. The van der Waals surface area contributed by atoms with Crippen LogP contribution >= 0.6 is 0 Å². The molecule has 0 saturated heterocycles. The van der Waals surface area contributed by atoms with Crippen molar-refractivity contribution in [1.82, 2.24) is 0 Å². The molecule has 0 bridgehead atoms. The van der Waals surface area contributed by atoms with E-state index >= 15 is 0 Å². The average Bonchev–Trinajstić information content (AvgIpc) is 3.41. The molecule has 0 radical (unpaired) electrons. The molecule has 0 amide bonds. The molecular weight excluding hydrogens is 891 g/mol. The van der Waals surface area contributed by atoms with Gasteiger partial charge in [0.15, 0.2) is 0 Å². The van der Waals surface area contributed by atoms with Crippen LogP contribution in [0.25, 0.3) is 10.8 Å². The lowest BCUT2D eigenvalue weighted by Crippen LogP contribution is -2.11. The summed E-state index contributed by atoms with van der Waals surface area (Å²) in [6, 6.07) is 25.1. The Labute approximate surface area is 428 Å². The summed E-state index contributed by atoms with van der Waals surface area (Å²) in [4.78, 5) is 0. The van der Waals surface area contributed by atoms with Crippen molar-refractivity contribution in [2.24, 2.45) is 5.73 Å². The molecule has 2 N–H and O–H groups in total. The predicted octanol–water partition coefficient (Wildman–Crippen LogP) is 5.78. The highest BCUT2D eigenvalue weighted by Gasteiger charge is 2.10. The molecule has 4 heteroatoms. The number of terminal acetylenes is 2. The molecule has 1 atom stereocenters. The highest BCUT2D eigenvalue weighted by Crippen LogP contribution is 2.28. The van der Waals surface area contributed by atoms with Gasteiger partial charge >= 0.3 is 0 Å². The minimum absolute atomic E-state index is 0.160. The highest BCUT2D eigenvalue weighted by molar-refractivity contribution is 5.84. The van der Waals surface area contributed by atoms with Gasteiger partial charge in [-0.1, -0.05) is 48.0 Å². The maximum Gasteiger partial charge on any atom is 0.144 e. The van der Waals surface area contributed by atoms with Gasteiger partial charge in [-0.05, 0) is 159 Å². The minimum Gasteiger partial charge on any atom is -0.489 e. The summed E-state index contributed by atoms with van der Waals surface area (Å²) in [6.07, 6.45) is 15.0. The zero-order valence-corrected chi connectivity index (χ0v) is 38.2. The van der Waals surface area contributed by atoms with Crippen molar-refractivity contribution in [2.75, 3.05) is 0 Å². The van der Waals surface area contributed by atoms with Crippen LogP contribution in [-0.2, 0) is 6.61 Å². The number of hydrogen-bond acceptors (Lipinski definition) is 4. The third-order valence-corrected chi connectivity index (χ3v) is 7.81. The van der Waals surface area contributed by atoms with Gasteiger partial charge in [-0.15, -0.1) is 12.8 Å². The molecule has 0 fully saturated rings. The Balaban J connectivity index is 1.40. The molecule has 0 aliphatic rings. The number of rotatable bonds is 7. The molecular formula is C69H23NO3. The van der Waals surface area contributed by atoms with E-state index in [-0.39, 0.29) is 12.6 Å². The topological polar surface area (TPSA) is 53.7 Å². The van der Waals surface area contributed by atoms with E-state index in [0.717, 1.165) is 21.9 Å². The van der Waals surface area contributed by atoms with Crippen LogP contribution in [0.4, 0.5) is 0 Å². The molecule has 0 aromatic heterocycles. The van der Waals surface area contributed by atoms with Crippen LogP contribution in [0, 0.1) is 269 Å². The summed E-state index contributed by atoms with van der Waals surface area (Å²) in [7, 11) is 0. The number of ether oxygens (including phenoxy) is 3. The van der Waals surface area contributed by atoms with Gasteiger partial charge < -0.3 is 19.9 Å². The van der Waals surface area contributed by atoms with E-state index in [2.05, 4.69) is 279 Å². The van der Waals surface area contributed by atoms with Crippen molar-refractivity contribution in [3.63, 3.8) is 0 Å². The monoisotopic (exact) mass is 913 g/mol. The number of aryl methyl sites for hydroxylation is 1. The smallest absolute Gasteiger partial charge is 0.144 e. The van der Waals surface area contributed by atoms with Crippen molar-refractivity contribution in [3.05, 3.63) is 101 Å². The molecule has 4 aromatic rings. The minimum atomic E-state index is -0.252. The molecule has 4 rings (SSSR count). The van der Waals surface area contributed by atoms with Gasteiger partial charge in [0, 0.05) is 148 Å². The van der Waals surface area contributed by atoms with Crippen LogP contribution < -0.4 is 19.9 Å². The van der Waals surface area contributed by atoms with Gasteiger partial charge in [-0.2, -0.15) is 0 Å². The highest BCUT2D eigenvalue weighted by atomic mass is 16.5. The van der Waals surface area contributed by atoms with Gasteiger partial charge in [-0.25, -0.2) is 0 Å². The van der Waals surface area contributed by atoms with Crippen molar-refractivity contribution >= 4 is 10.8 Å². The lowest BCUT2D eigenvalue weighted by atomic mass is 9.96. The SMILES string of the molecule is C#CC#CC#CC#CC#CC#CC#CC#CC#CC#CC#COc1cc(COc2ccc3cc(C(N)c4ccc(C)cc4)ccc3c2)cc(OC#CC#CC#CC#CC#CC#CC#CC#CC#CC#CC#C)c1. The predicted molar refractivity (Wildman–Crippen MR) is 286 cm³/mol. The Morgan fingerprint density at radius 2 is 0.685 bits per heavy atom. The third-order valence-electron chi connectivity index (χ3n) is 7.81. The van der Waals surface area contributed by atoms with Crippen LogP contribution in [0.3, 0.4) is 0 Å². The fourth-order valence-corrected chi connectivity index (χ4v) is 4.84. The molecule has 0 aliphatic heterocycles. The Hall–Kier alpha value is -13.2. The Morgan fingerprint density at radius 3 is 1.07 bits per heavy atom. The van der Waals surface area contributed by atoms with E-state index in [1.54, 1.807) is 18.2 Å². The zero-order chi connectivity index (χ0) is 51.5. The Bertz CT molecular complexity index is 4110. The van der Waals surface area contributed by atoms with Crippen LogP contribution in [0.5, 0.6) is 17.2 Å². The molecule has 1 unspecified atom stereocenters. The van der Waals surface area contributed by atoms with Crippen LogP contribution in [0.15, 0.2) is 78.9 Å². The average molecular weight is 914 g/mol. The van der Waals surface area contributed by atoms with Crippen molar-refractivity contribution in [3.8, 4) is 279 Å². The van der Waals surface area contributed by atoms with E-state index < -0.39 is 0 Å². The van der Waals surface area contributed by atoms with Gasteiger partial charge in [0.05, 0.1) is 6.04 Å². The summed E-state index contributed by atoms with van der Waals surface area (Å²) >= 11 is 0. The molecule has 73 heavy (non-hydrogen) atoms. The first-order valence-electron chi connectivity index (χ1n) is 20.4. The summed E-state index contributed by atoms with van der Waals surface area (Å²) in [6.45, 7) is 2.21. The second-order valence-corrected chi connectivity index (χ2v) is 12.7. The van der Waals surface area contributed by atoms with E-state index in [9.17, 15) is 0 Å². The van der Waals surface area contributed by atoms with Gasteiger partial charge in [0.25, 0.3) is 0 Å². The zero-order valence-electron chi connectivity index (χ0n) is 38.2. The lowest BCUT2D eigenvalue weighted by Gasteiger charge is -2.14. The summed E-state index contributed by atoms with van der Waals surface area (Å²) in [5.74, 6) is 101. The van der Waals surface area contributed by atoms with E-state index in [4.69, 9.17) is 32.8 Å². The summed E-state index contributed by atoms with van der Waals surface area (Å²) in [5, 5.41) is 2.02. The van der Waals surface area contributed by atoms with Gasteiger partial charge in [-0.3, -0.25) is 0 Å². The van der Waals surface area contributed by atoms with Crippen molar-refractivity contribution in [2.45, 2.75) is 19.6 Å². The molecule has 0 saturated carbocycles. The van der Waals surface area contributed by atoms with Crippen LogP contribution in [0.1, 0.15) is 28.3 Å². The summed E-state index contributed by atoms with van der Waals surface area (Å²) in [5.41, 5.74) is 10.5. The largest absolute Gasteiger partial charge is 0.489 e. The first-order valence-corrected chi connectivity index (χ1v) is 20.4. The standard InChI is InChI=1S/C69H23NO3/c1-4-6-8-10-12-14-16-18-20-22-24-26-28-30-32-34-36-38-40-42-52-71-67-54-61(59-73-66-51-50-63-56-65(49-48-64(63)57-66)69(70)62-46-44-60(3)45-47-62)55-68(58-67)72-53-43-41-39-37-35-33-31-29-27-25-23-21-19-17-15-13-11-9-7-5-2/h1-2,44-51,54-58,69H,59,70H2,3H3. The van der Waals surface area contributed by atoms with E-state index in [1.807, 2.05) is 37.3 Å². The van der Waals surface area contributed by atoms with Gasteiger partial charge in [0.1, 0.15) is 36.1 Å². The first kappa shape index (κ1) is 52.4. The first-order chi connectivity index (χ1) is 36.1. The molecule has 322 valence electrons. The van der Waals surface area contributed by atoms with E-state index in [0.29, 0.717) is 22.8 Å². The van der Waals surface area contributed by atoms with Crippen LogP contribution in [0.2, 0.25) is 0 Å². The second-order valence-electron chi connectivity index (χ2n) is 12.7. The maximum absolute atomic E-state index is 6.61. The van der Waals surface area contributed by atoms with Crippen molar-refractivity contribution in [1.29, 1.82) is 0 Å². The molecule has 4 nitrogen and oxygen atoms in total. The fourth-order valence-electron chi connectivity index (χ4n) is 4.84. The third kappa shape index (κ3) is 23.5. The molecule has 4 aromatic carbocycles. The normalized spacial score (nSPS) is 7.29. The maximum atomic E-state index is 6.61. The molecule has 0 heterocycles. The number of benzene rings is 4. The van der Waals surface area contributed by atoms with Crippen LogP contribution in [-0.4, -0.2) is 0 Å². The Kier molecular flexibility index (Phi) is 24.6. The van der Waals surface area contributed by atoms with Crippen molar-refractivity contribution < 1.29 is 14.2 Å². The number of nitrogens with two attached hydrogens (primary N) is 1. The molecule has 0 spiro atoms. The number of fused-ring (bicyclic) bond motifs is 1. The number of hydrogen-bond donors (Lipinski definition) is 1.